The highest BCUT2D eigenvalue weighted by Crippen LogP contribution is 2.30. The molecule has 0 radical (unpaired) electrons. The molecule has 2 heterocycles. The molecule has 23 heavy (non-hydrogen) atoms. The molecule has 4 aromatic rings. The van der Waals surface area contributed by atoms with E-state index in [4.69, 9.17) is 5.14 Å². The average Bonchev–Trinajstić information content (AvgIpc) is 3.21. The summed E-state index contributed by atoms with van der Waals surface area (Å²) in [6.45, 7) is 0. The minimum Gasteiger partial charge on any atom is -0.337 e. The number of aromatic nitrogens is 3. The molecule has 0 aliphatic carbocycles. The van der Waals surface area contributed by atoms with E-state index in [-0.39, 0.29) is 5.82 Å². The van der Waals surface area contributed by atoms with Gasteiger partial charge in [0.15, 0.2) is 5.82 Å². The molecule has 2 aromatic heterocycles. The van der Waals surface area contributed by atoms with E-state index in [1.54, 1.807) is 18.2 Å². The maximum absolute atomic E-state index is 13.9. The number of H-pyrrole nitrogens is 1. The number of rotatable bonds is 3. The quantitative estimate of drug-likeness (QED) is 0.540. The average molecular weight is 342 g/mol. The van der Waals surface area contributed by atoms with E-state index in [0.29, 0.717) is 22.1 Å². The Bertz CT molecular complexity index is 993. The first-order chi connectivity index (χ1) is 11.2. The zero-order valence-corrected chi connectivity index (χ0v) is 13.4. The molecular formula is C16H11FN4S2. The summed E-state index contributed by atoms with van der Waals surface area (Å²) in [7, 11) is 0. The summed E-state index contributed by atoms with van der Waals surface area (Å²) in [4.78, 5) is 13.2. The highest BCUT2D eigenvalue weighted by atomic mass is 32.2. The zero-order valence-electron chi connectivity index (χ0n) is 11.8. The van der Waals surface area contributed by atoms with Crippen LogP contribution in [0.5, 0.6) is 0 Å². The molecule has 114 valence electrons. The monoisotopic (exact) mass is 342 g/mol. The van der Waals surface area contributed by atoms with Crippen molar-refractivity contribution in [3.05, 3.63) is 53.7 Å². The van der Waals surface area contributed by atoms with Crippen LogP contribution >= 0.6 is 23.3 Å². The van der Waals surface area contributed by atoms with Crippen LogP contribution in [-0.4, -0.2) is 15.0 Å². The van der Waals surface area contributed by atoms with Crippen LogP contribution in [0.3, 0.4) is 0 Å². The van der Waals surface area contributed by atoms with Crippen LogP contribution in [0.25, 0.3) is 33.1 Å². The van der Waals surface area contributed by atoms with Gasteiger partial charge in [0.25, 0.3) is 0 Å². The fourth-order valence-corrected chi connectivity index (χ4v) is 3.49. The number of hydrogen-bond donors (Lipinski definition) is 2. The lowest BCUT2D eigenvalue weighted by Crippen LogP contribution is -1.84. The molecule has 0 bridgehead atoms. The number of thiazole rings is 1. The number of nitrogens with one attached hydrogen (secondary N) is 1. The van der Waals surface area contributed by atoms with Crippen LogP contribution in [0.4, 0.5) is 4.39 Å². The summed E-state index contributed by atoms with van der Waals surface area (Å²) in [5.41, 5.74) is 2.95. The van der Waals surface area contributed by atoms with E-state index < -0.39 is 0 Å². The minimum atomic E-state index is -0.275. The topological polar surface area (TPSA) is 67.6 Å². The molecule has 0 aliphatic rings. The Kier molecular flexibility index (Phi) is 3.60. The van der Waals surface area contributed by atoms with Gasteiger partial charge in [-0.15, -0.1) is 11.3 Å². The van der Waals surface area contributed by atoms with Crippen LogP contribution < -0.4 is 5.14 Å². The van der Waals surface area contributed by atoms with Gasteiger partial charge in [-0.1, -0.05) is 12.1 Å². The molecule has 0 fully saturated rings. The Morgan fingerprint density at radius 2 is 2.00 bits per heavy atom. The zero-order chi connectivity index (χ0) is 15.8. The highest BCUT2D eigenvalue weighted by Gasteiger charge is 2.13. The van der Waals surface area contributed by atoms with Crippen molar-refractivity contribution in [2.24, 2.45) is 5.14 Å². The Hall–Kier alpha value is -2.22. The molecule has 4 rings (SSSR count). The van der Waals surface area contributed by atoms with E-state index >= 15 is 0 Å². The smallest absolute Gasteiger partial charge is 0.158 e. The second-order valence-electron chi connectivity index (χ2n) is 4.90. The van der Waals surface area contributed by atoms with E-state index in [2.05, 4.69) is 15.0 Å². The lowest BCUT2D eigenvalue weighted by molar-refractivity contribution is 0.631. The number of fused-ring (bicyclic) bond motifs is 1. The lowest BCUT2D eigenvalue weighted by Gasteiger charge is -1.96. The van der Waals surface area contributed by atoms with Gasteiger partial charge in [0.2, 0.25) is 0 Å². The molecule has 0 saturated heterocycles. The molecule has 0 spiro atoms. The summed E-state index contributed by atoms with van der Waals surface area (Å²) in [5.74, 6) is 0.389. The fraction of sp³-hybridized carbons (Fsp3) is 0. The van der Waals surface area contributed by atoms with Gasteiger partial charge in [0, 0.05) is 15.8 Å². The number of nitrogens with two attached hydrogens (primary N) is 1. The molecule has 0 unspecified atom stereocenters. The number of hydrogen-bond acceptors (Lipinski definition) is 5. The standard InChI is InChI=1S/C16H11FN4S2/c17-11-4-2-1-3-10(11)16-21-14(8-22-16)15-19-12-6-5-9(23-18)7-13(12)20-15/h1-8H,18H2,(H,19,20). The molecule has 4 nitrogen and oxygen atoms in total. The van der Waals surface area contributed by atoms with Crippen LogP contribution in [-0.2, 0) is 0 Å². The molecule has 0 atom stereocenters. The third-order valence-corrected chi connectivity index (χ3v) is 4.84. The second-order valence-corrected chi connectivity index (χ2v) is 6.47. The summed E-state index contributed by atoms with van der Waals surface area (Å²) >= 11 is 2.58. The molecule has 2 aromatic carbocycles. The Morgan fingerprint density at radius 3 is 2.83 bits per heavy atom. The van der Waals surface area contributed by atoms with Gasteiger partial charge in [0.05, 0.1) is 11.0 Å². The van der Waals surface area contributed by atoms with Crippen molar-refractivity contribution in [1.82, 2.24) is 15.0 Å². The van der Waals surface area contributed by atoms with Crippen LogP contribution in [0.1, 0.15) is 0 Å². The summed E-state index contributed by atoms with van der Waals surface area (Å²) in [5, 5.41) is 8.09. The van der Waals surface area contributed by atoms with Crippen molar-refractivity contribution in [3.8, 4) is 22.1 Å². The fourth-order valence-electron chi connectivity index (χ4n) is 2.32. The Balaban J connectivity index is 1.75. The number of benzene rings is 2. The van der Waals surface area contributed by atoms with Crippen molar-refractivity contribution in [2.45, 2.75) is 4.90 Å². The lowest BCUT2D eigenvalue weighted by atomic mass is 10.2. The predicted octanol–water partition coefficient (Wildman–Crippen LogP) is 4.46. The summed E-state index contributed by atoms with van der Waals surface area (Å²) in [6, 6.07) is 12.4. The number of nitrogens with zero attached hydrogens (tertiary/aromatic N) is 2. The van der Waals surface area contributed by atoms with Gasteiger partial charge in [-0.05, 0) is 42.3 Å². The highest BCUT2D eigenvalue weighted by molar-refractivity contribution is 7.97. The molecule has 0 amide bonds. The van der Waals surface area contributed by atoms with Crippen LogP contribution in [0.15, 0.2) is 52.7 Å². The number of aromatic amines is 1. The summed E-state index contributed by atoms with van der Waals surface area (Å²) < 4.78 is 13.9. The first kappa shape index (κ1) is 14.4. The van der Waals surface area contributed by atoms with Gasteiger partial charge >= 0.3 is 0 Å². The van der Waals surface area contributed by atoms with Crippen molar-refractivity contribution in [2.75, 3.05) is 0 Å². The second kappa shape index (κ2) is 5.77. The van der Waals surface area contributed by atoms with Crippen molar-refractivity contribution < 1.29 is 4.39 Å². The van der Waals surface area contributed by atoms with Crippen molar-refractivity contribution >= 4 is 34.3 Å². The van der Waals surface area contributed by atoms with Gasteiger partial charge in [-0.2, -0.15) is 0 Å². The molecule has 0 aliphatic heterocycles. The first-order valence-electron chi connectivity index (χ1n) is 6.82. The maximum Gasteiger partial charge on any atom is 0.158 e. The molecular weight excluding hydrogens is 331 g/mol. The van der Waals surface area contributed by atoms with Gasteiger partial charge in [-0.3, -0.25) is 5.14 Å². The van der Waals surface area contributed by atoms with Crippen LogP contribution in [0.2, 0.25) is 0 Å². The Labute approximate surface area is 139 Å². The van der Waals surface area contributed by atoms with Crippen LogP contribution in [0, 0.1) is 5.82 Å². The molecule has 7 heteroatoms. The minimum absolute atomic E-state index is 0.275. The van der Waals surface area contributed by atoms with Gasteiger partial charge in [-0.25, -0.2) is 14.4 Å². The third-order valence-electron chi connectivity index (χ3n) is 3.44. The van der Waals surface area contributed by atoms with E-state index in [1.807, 2.05) is 23.6 Å². The van der Waals surface area contributed by atoms with Gasteiger partial charge < -0.3 is 4.98 Å². The molecule has 3 N–H and O–H groups in total. The number of halogens is 1. The summed E-state index contributed by atoms with van der Waals surface area (Å²) in [6.07, 6.45) is 0. The van der Waals surface area contributed by atoms with E-state index in [1.165, 1.54) is 29.4 Å². The first-order valence-corrected chi connectivity index (χ1v) is 8.58. The van der Waals surface area contributed by atoms with Gasteiger partial charge in [0.1, 0.15) is 16.5 Å². The Morgan fingerprint density at radius 1 is 1.13 bits per heavy atom. The number of imidazole rings is 1. The van der Waals surface area contributed by atoms with E-state index in [0.717, 1.165) is 15.9 Å². The van der Waals surface area contributed by atoms with Crippen molar-refractivity contribution in [3.63, 3.8) is 0 Å². The maximum atomic E-state index is 13.9. The normalized spacial score (nSPS) is 11.2. The molecule has 0 saturated carbocycles. The van der Waals surface area contributed by atoms with Crippen molar-refractivity contribution in [1.29, 1.82) is 0 Å². The SMILES string of the molecule is NSc1ccc2nc(-c3csc(-c4ccccc4F)n3)[nH]c2c1. The predicted molar refractivity (Wildman–Crippen MR) is 92.6 cm³/mol. The largest absolute Gasteiger partial charge is 0.337 e. The van der Waals surface area contributed by atoms with E-state index in [9.17, 15) is 4.39 Å². The third kappa shape index (κ3) is 2.63.